The van der Waals surface area contributed by atoms with Crippen LogP contribution in [0.5, 0.6) is 0 Å². The molecular formula is C22H24FN3O2. The summed E-state index contributed by atoms with van der Waals surface area (Å²) in [4.78, 5) is 29.5. The van der Waals surface area contributed by atoms with E-state index in [2.05, 4.69) is 15.6 Å². The summed E-state index contributed by atoms with van der Waals surface area (Å²) in [5, 5.41) is 5.98. The topological polar surface area (TPSA) is 71.1 Å². The van der Waals surface area contributed by atoms with E-state index in [1.807, 2.05) is 26.8 Å². The Morgan fingerprint density at radius 3 is 2.32 bits per heavy atom. The molecule has 1 aromatic heterocycles. The van der Waals surface area contributed by atoms with Crippen LogP contribution < -0.4 is 10.6 Å². The van der Waals surface area contributed by atoms with Gasteiger partial charge in [-0.3, -0.25) is 9.59 Å². The quantitative estimate of drug-likeness (QED) is 0.828. The molecule has 3 aliphatic rings. The molecule has 1 aromatic carbocycles. The average Bonchev–Trinajstić information content (AvgIpc) is 2.60. The third-order valence-corrected chi connectivity index (χ3v) is 6.46. The smallest absolute Gasteiger partial charge is 0.270 e. The highest BCUT2D eigenvalue weighted by Gasteiger charge is 2.71. The number of halogens is 1. The van der Waals surface area contributed by atoms with E-state index in [1.165, 1.54) is 12.1 Å². The van der Waals surface area contributed by atoms with Gasteiger partial charge in [0.25, 0.3) is 5.91 Å². The van der Waals surface area contributed by atoms with Crippen molar-refractivity contribution in [3.63, 3.8) is 0 Å². The molecule has 28 heavy (non-hydrogen) atoms. The molecular weight excluding hydrogens is 357 g/mol. The molecule has 2 amide bonds. The molecule has 0 radical (unpaired) electrons. The molecule has 3 aliphatic carbocycles. The fourth-order valence-electron chi connectivity index (χ4n) is 4.58. The van der Waals surface area contributed by atoms with E-state index >= 15 is 0 Å². The summed E-state index contributed by atoms with van der Waals surface area (Å²) < 4.78 is 13.0. The van der Waals surface area contributed by atoms with Crippen molar-refractivity contribution >= 4 is 17.5 Å². The van der Waals surface area contributed by atoms with Gasteiger partial charge in [-0.1, -0.05) is 13.0 Å². The molecule has 0 spiro atoms. The number of carbonyl (C=O) groups excluding carboxylic acids is 2. The summed E-state index contributed by atoms with van der Waals surface area (Å²) in [6.45, 7) is 5.78. The van der Waals surface area contributed by atoms with Crippen LogP contribution in [0, 0.1) is 31.0 Å². The maximum Gasteiger partial charge on any atom is 0.270 e. The second-order valence-electron chi connectivity index (χ2n) is 8.44. The summed E-state index contributed by atoms with van der Waals surface area (Å²) in [5.41, 5.74) is 2.67. The van der Waals surface area contributed by atoms with Gasteiger partial charge in [0.2, 0.25) is 5.91 Å². The number of aryl methyl sites for hydroxylation is 2. The van der Waals surface area contributed by atoms with Crippen molar-refractivity contribution in [3.8, 4) is 0 Å². The number of nitrogens with zero attached hydrogens (tertiary/aromatic N) is 1. The van der Waals surface area contributed by atoms with Gasteiger partial charge >= 0.3 is 0 Å². The number of anilines is 1. The zero-order valence-electron chi connectivity index (χ0n) is 16.3. The van der Waals surface area contributed by atoms with Gasteiger partial charge in [0.1, 0.15) is 11.5 Å². The van der Waals surface area contributed by atoms with Crippen molar-refractivity contribution in [2.45, 2.75) is 45.6 Å². The highest BCUT2D eigenvalue weighted by Crippen LogP contribution is 2.70. The maximum atomic E-state index is 13.0. The first-order valence-electron chi connectivity index (χ1n) is 9.55. The molecule has 2 N–H and O–H groups in total. The molecule has 5 rings (SSSR count). The van der Waals surface area contributed by atoms with Gasteiger partial charge in [0.15, 0.2) is 0 Å². The van der Waals surface area contributed by atoms with Crippen LogP contribution in [0.4, 0.5) is 10.1 Å². The second kappa shape index (κ2) is 6.40. The van der Waals surface area contributed by atoms with Gasteiger partial charge in [-0.15, -0.1) is 0 Å². The van der Waals surface area contributed by atoms with Crippen LogP contribution in [0.3, 0.4) is 0 Å². The minimum atomic E-state index is -0.332. The van der Waals surface area contributed by atoms with E-state index in [4.69, 9.17) is 0 Å². The number of amides is 2. The third kappa shape index (κ3) is 3.07. The Labute approximate surface area is 163 Å². The molecule has 3 saturated carbocycles. The number of carbonyl (C=O) groups is 2. The number of rotatable bonds is 5. The number of pyridine rings is 1. The minimum Gasteiger partial charge on any atom is -0.345 e. The Balaban J connectivity index is 1.34. The van der Waals surface area contributed by atoms with Gasteiger partial charge in [-0.25, -0.2) is 9.37 Å². The van der Waals surface area contributed by atoms with Gasteiger partial charge in [-0.2, -0.15) is 0 Å². The second-order valence-corrected chi connectivity index (χ2v) is 8.44. The fraction of sp³-hybridized carbons (Fsp3) is 0.409. The molecule has 0 unspecified atom stereocenters. The molecule has 5 nitrogen and oxygen atoms in total. The average molecular weight is 381 g/mol. The van der Waals surface area contributed by atoms with Crippen molar-refractivity contribution in [1.82, 2.24) is 10.3 Å². The first-order chi connectivity index (χ1) is 13.2. The molecule has 1 heterocycles. The Bertz CT molecular complexity index is 935. The zero-order chi connectivity index (χ0) is 20.1. The van der Waals surface area contributed by atoms with Crippen LogP contribution in [0.25, 0.3) is 0 Å². The summed E-state index contributed by atoms with van der Waals surface area (Å²) in [6, 6.07) is 9.42. The van der Waals surface area contributed by atoms with Gasteiger partial charge in [0, 0.05) is 22.8 Å². The molecule has 6 heteroatoms. The number of hydrogen-bond acceptors (Lipinski definition) is 3. The number of benzene rings is 1. The van der Waals surface area contributed by atoms with Crippen molar-refractivity contribution in [2.75, 3.05) is 5.32 Å². The molecule has 146 valence electrons. The Morgan fingerprint density at radius 1 is 1.07 bits per heavy atom. The van der Waals surface area contributed by atoms with Crippen LogP contribution >= 0.6 is 0 Å². The van der Waals surface area contributed by atoms with Crippen LogP contribution in [0.1, 0.15) is 47.9 Å². The summed E-state index contributed by atoms with van der Waals surface area (Å²) in [5.74, 6) is -0.723. The predicted octanol–water partition coefficient (Wildman–Crippen LogP) is 3.76. The molecule has 3 fully saturated rings. The molecule has 1 atom stereocenters. The van der Waals surface area contributed by atoms with Gasteiger partial charge in [-0.05, 0) is 74.4 Å². The monoisotopic (exact) mass is 381 g/mol. The molecule has 0 saturated heterocycles. The lowest BCUT2D eigenvalue weighted by molar-refractivity contribution is -0.184. The minimum absolute atomic E-state index is 0.0615. The third-order valence-electron chi connectivity index (χ3n) is 6.46. The number of hydrogen-bond donors (Lipinski definition) is 2. The first kappa shape index (κ1) is 18.6. The molecule has 0 aliphatic heterocycles. The SMILES string of the molecule is Cc1ccc(C(=O)NC23CC([C@H](C)C(=O)Nc4ccc(F)cc4)(C2)C3)nc1C. The lowest BCUT2D eigenvalue weighted by Gasteiger charge is -2.72. The van der Waals surface area contributed by atoms with E-state index < -0.39 is 0 Å². The van der Waals surface area contributed by atoms with E-state index in [0.29, 0.717) is 11.4 Å². The highest BCUT2D eigenvalue weighted by atomic mass is 19.1. The largest absolute Gasteiger partial charge is 0.345 e. The van der Waals surface area contributed by atoms with Crippen molar-refractivity contribution in [3.05, 3.63) is 59.2 Å². The predicted molar refractivity (Wildman–Crippen MR) is 104 cm³/mol. The van der Waals surface area contributed by atoms with Crippen LogP contribution in [-0.2, 0) is 4.79 Å². The Kier molecular flexibility index (Phi) is 4.25. The summed E-state index contributed by atoms with van der Waals surface area (Å²) in [7, 11) is 0. The van der Waals surface area contributed by atoms with Crippen molar-refractivity contribution in [1.29, 1.82) is 0 Å². The summed E-state index contributed by atoms with van der Waals surface area (Å²) in [6.07, 6.45) is 2.40. The van der Waals surface area contributed by atoms with E-state index in [0.717, 1.165) is 30.5 Å². The Morgan fingerprint density at radius 2 is 1.71 bits per heavy atom. The standard InChI is InChI=1S/C22H24FN3O2/c1-13-4-9-18(24-15(13)3)20(28)26-22-10-21(11-22,12-22)14(2)19(27)25-17-7-5-16(23)6-8-17/h4-9,14H,10-12H2,1-3H3,(H,25,27)(H,26,28)/t14-,21?,22?/m1/s1. The zero-order valence-corrected chi connectivity index (χ0v) is 16.3. The molecule has 2 bridgehead atoms. The maximum absolute atomic E-state index is 13.0. The van der Waals surface area contributed by atoms with E-state index in [-0.39, 0.29) is 34.5 Å². The fourth-order valence-corrected chi connectivity index (χ4v) is 4.58. The van der Waals surface area contributed by atoms with Crippen molar-refractivity contribution in [2.24, 2.45) is 11.3 Å². The van der Waals surface area contributed by atoms with Crippen molar-refractivity contribution < 1.29 is 14.0 Å². The van der Waals surface area contributed by atoms with E-state index in [1.54, 1.807) is 18.2 Å². The summed E-state index contributed by atoms with van der Waals surface area (Å²) >= 11 is 0. The van der Waals surface area contributed by atoms with Crippen LogP contribution in [0.15, 0.2) is 36.4 Å². The van der Waals surface area contributed by atoms with Crippen LogP contribution in [-0.4, -0.2) is 22.3 Å². The van der Waals surface area contributed by atoms with Gasteiger partial charge < -0.3 is 10.6 Å². The number of nitrogens with one attached hydrogen (secondary N) is 2. The molecule has 2 aromatic rings. The Hall–Kier alpha value is -2.76. The van der Waals surface area contributed by atoms with Gasteiger partial charge in [0.05, 0.1) is 0 Å². The van der Waals surface area contributed by atoms with Crippen LogP contribution in [0.2, 0.25) is 0 Å². The normalized spacial score (nSPS) is 25.9. The lowest BCUT2D eigenvalue weighted by atomic mass is 9.36. The highest BCUT2D eigenvalue weighted by molar-refractivity contribution is 5.95. The van der Waals surface area contributed by atoms with E-state index in [9.17, 15) is 14.0 Å². The first-order valence-corrected chi connectivity index (χ1v) is 9.55. The lowest BCUT2D eigenvalue weighted by Crippen LogP contribution is -2.77. The number of aromatic nitrogens is 1.